The normalized spacial score (nSPS) is 12.1. The molecule has 0 heterocycles. The van der Waals surface area contributed by atoms with Gasteiger partial charge >= 0.3 is 0 Å². The largest absolute Gasteiger partial charge is 0.495 e. The molecule has 0 spiro atoms. The first-order valence-corrected chi connectivity index (χ1v) is 13.9. The Morgan fingerprint density at radius 3 is 2.24 bits per heavy atom. The van der Waals surface area contributed by atoms with Crippen molar-refractivity contribution < 1.29 is 22.7 Å². The smallest absolute Gasteiger partial charge is 0.264 e. The Morgan fingerprint density at radius 1 is 0.947 bits per heavy atom. The summed E-state index contributed by atoms with van der Waals surface area (Å²) in [5, 5.41) is 3.31. The Balaban J connectivity index is 2.06. The van der Waals surface area contributed by atoms with Crippen molar-refractivity contribution in [3.63, 3.8) is 0 Å². The van der Waals surface area contributed by atoms with Gasteiger partial charge in [0, 0.05) is 17.6 Å². The highest BCUT2D eigenvalue weighted by atomic mass is 35.5. The molecular weight excluding hydrogens is 526 g/mol. The van der Waals surface area contributed by atoms with Crippen molar-refractivity contribution in [1.82, 2.24) is 10.2 Å². The molecule has 0 radical (unpaired) electrons. The molecule has 0 fully saturated rings. The number of para-hydroxylation sites is 2. The maximum atomic E-state index is 13.9. The van der Waals surface area contributed by atoms with Gasteiger partial charge in [0.2, 0.25) is 11.8 Å². The molecule has 3 rings (SSSR count). The van der Waals surface area contributed by atoms with E-state index in [4.69, 9.17) is 16.3 Å². The summed E-state index contributed by atoms with van der Waals surface area (Å²) in [4.78, 5) is 28.2. The fraction of sp³-hybridized carbons (Fsp3) is 0.286. The molecule has 0 aliphatic rings. The maximum Gasteiger partial charge on any atom is 0.264 e. The van der Waals surface area contributed by atoms with Crippen LogP contribution in [-0.4, -0.2) is 50.9 Å². The average molecular weight is 558 g/mol. The van der Waals surface area contributed by atoms with Crippen LogP contribution in [0.25, 0.3) is 0 Å². The topological polar surface area (TPSA) is 96.0 Å². The van der Waals surface area contributed by atoms with Crippen molar-refractivity contribution in [3.8, 4) is 5.75 Å². The molecule has 2 amide bonds. The molecule has 0 saturated carbocycles. The van der Waals surface area contributed by atoms with Gasteiger partial charge in [-0.15, -0.1) is 0 Å². The number of anilines is 1. The predicted octanol–water partition coefficient (Wildman–Crippen LogP) is 4.49. The number of methoxy groups -OCH3 is 1. The van der Waals surface area contributed by atoms with Crippen LogP contribution in [0, 0.1) is 0 Å². The minimum atomic E-state index is -4.18. The van der Waals surface area contributed by atoms with Crippen molar-refractivity contribution in [1.29, 1.82) is 0 Å². The maximum absolute atomic E-state index is 13.9. The number of hydrogen-bond acceptors (Lipinski definition) is 5. The van der Waals surface area contributed by atoms with Crippen molar-refractivity contribution in [2.75, 3.05) is 18.0 Å². The van der Waals surface area contributed by atoms with Crippen LogP contribution in [0.15, 0.2) is 83.8 Å². The molecule has 0 aliphatic heterocycles. The van der Waals surface area contributed by atoms with E-state index < -0.39 is 28.5 Å². The minimum absolute atomic E-state index is 0.0192. The number of amides is 2. The van der Waals surface area contributed by atoms with E-state index in [1.165, 1.54) is 24.1 Å². The second-order valence-electron chi connectivity index (χ2n) is 8.99. The molecule has 0 aliphatic carbocycles. The molecule has 8 nitrogen and oxygen atoms in total. The number of rotatable bonds is 11. The number of nitrogens with zero attached hydrogens (tertiary/aromatic N) is 2. The molecule has 202 valence electrons. The zero-order chi connectivity index (χ0) is 27.9. The van der Waals surface area contributed by atoms with E-state index in [2.05, 4.69) is 5.32 Å². The number of carbonyl (C=O) groups excluding carboxylic acids is 2. The van der Waals surface area contributed by atoms with Gasteiger partial charge in [-0.2, -0.15) is 0 Å². The fourth-order valence-electron chi connectivity index (χ4n) is 3.89. The summed E-state index contributed by atoms with van der Waals surface area (Å²) in [6, 6.07) is 20.3. The van der Waals surface area contributed by atoms with Crippen molar-refractivity contribution >= 4 is 39.1 Å². The number of ether oxygens (including phenoxy) is 1. The highest BCUT2D eigenvalue weighted by Gasteiger charge is 2.33. The van der Waals surface area contributed by atoms with Crippen LogP contribution in [0.2, 0.25) is 5.02 Å². The Hall–Kier alpha value is -3.56. The first kappa shape index (κ1) is 29.0. The molecule has 38 heavy (non-hydrogen) atoms. The van der Waals surface area contributed by atoms with E-state index in [1.807, 2.05) is 13.8 Å². The summed E-state index contributed by atoms with van der Waals surface area (Å²) < 4.78 is 34.1. The van der Waals surface area contributed by atoms with Crippen LogP contribution >= 0.6 is 11.6 Å². The van der Waals surface area contributed by atoms with Gasteiger partial charge in [0.05, 0.1) is 17.7 Å². The van der Waals surface area contributed by atoms with Crippen LogP contribution in [-0.2, 0) is 26.2 Å². The minimum Gasteiger partial charge on any atom is -0.495 e. The third-order valence-corrected chi connectivity index (χ3v) is 7.81. The van der Waals surface area contributed by atoms with Crippen LogP contribution in [0.4, 0.5) is 5.69 Å². The molecule has 0 saturated heterocycles. The molecular formula is C28H32ClN3O5S. The Kier molecular flexibility index (Phi) is 9.77. The quantitative estimate of drug-likeness (QED) is 0.375. The summed E-state index contributed by atoms with van der Waals surface area (Å²) in [6.45, 7) is 4.75. The summed E-state index contributed by atoms with van der Waals surface area (Å²) in [5.74, 6) is -0.640. The van der Waals surface area contributed by atoms with Gasteiger partial charge in [0.15, 0.2) is 0 Å². The van der Waals surface area contributed by atoms with E-state index >= 15 is 0 Å². The van der Waals surface area contributed by atoms with Gasteiger partial charge < -0.3 is 15.0 Å². The Labute approximate surface area is 229 Å². The number of benzene rings is 3. The van der Waals surface area contributed by atoms with Gasteiger partial charge in [0.1, 0.15) is 18.3 Å². The zero-order valence-corrected chi connectivity index (χ0v) is 23.4. The lowest BCUT2D eigenvalue weighted by molar-refractivity contribution is -0.139. The lowest BCUT2D eigenvalue weighted by Crippen LogP contribution is -2.52. The lowest BCUT2D eigenvalue weighted by atomic mass is 10.1. The van der Waals surface area contributed by atoms with Crippen LogP contribution in [0.5, 0.6) is 5.75 Å². The number of halogens is 1. The Morgan fingerprint density at radius 2 is 1.61 bits per heavy atom. The number of carbonyl (C=O) groups is 2. The highest BCUT2D eigenvalue weighted by Crippen LogP contribution is 2.32. The summed E-state index contributed by atoms with van der Waals surface area (Å²) in [5.41, 5.74) is 0.902. The second kappa shape index (κ2) is 12.8. The van der Waals surface area contributed by atoms with Crippen molar-refractivity contribution in [2.24, 2.45) is 0 Å². The molecule has 0 unspecified atom stereocenters. The molecule has 0 bridgehead atoms. The van der Waals surface area contributed by atoms with Crippen LogP contribution in [0.1, 0.15) is 26.3 Å². The molecule has 10 heteroatoms. The van der Waals surface area contributed by atoms with Crippen LogP contribution in [0.3, 0.4) is 0 Å². The SMILES string of the molecule is COc1ccccc1N(CC(=O)N(Cc1cccc(Cl)c1)[C@H](C)C(=O)NC(C)C)S(=O)(=O)c1ccccc1. The monoisotopic (exact) mass is 557 g/mol. The van der Waals surface area contributed by atoms with E-state index in [0.717, 1.165) is 4.31 Å². The average Bonchev–Trinajstić information content (AvgIpc) is 2.90. The number of hydrogen-bond donors (Lipinski definition) is 1. The third kappa shape index (κ3) is 7.05. The van der Waals surface area contributed by atoms with Gasteiger partial charge in [-0.3, -0.25) is 13.9 Å². The molecule has 3 aromatic rings. The van der Waals surface area contributed by atoms with E-state index in [-0.39, 0.29) is 34.8 Å². The first-order valence-electron chi connectivity index (χ1n) is 12.1. The van der Waals surface area contributed by atoms with E-state index in [9.17, 15) is 18.0 Å². The predicted molar refractivity (Wildman–Crippen MR) is 149 cm³/mol. The van der Waals surface area contributed by atoms with Gasteiger partial charge in [-0.05, 0) is 62.7 Å². The number of sulfonamides is 1. The van der Waals surface area contributed by atoms with Crippen LogP contribution < -0.4 is 14.4 Å². The van der Waals surface area contributed by atoms with E-state index in [1.54, 1.807) is 73.7 Å². The summed E-state index contributed by atoms with van der Waals surface area (Å²) in [7, 11) is -2.75. The molecule has 0 aromatic heterocycles. The molecule has 1 atom stereocenters. The summed E-state index contributed by atoms with van der Waals surface area (Å²) in [6.07, 6.45) is 0. The standard InChI is InChI=1S/C28H32ClN3O5S/c1-20(2)30-28(34)21(3)31(18-22-11-10-12-23(29)17-22)27(33)19-32(25-15-8-9-16-26(25)37-4)38(35,36)24-13-6-5-7-14-24/h5-17,20-21H,18-19H2,1-4H3,(H,30,34)/t21-/m1/s1. The highest BCUT2D eigenvalue weighted by molar-refractivity contribution is 7.92. The van der Waals surface area contributed by atoms with Crippen molar-refractivity contribution in [2.45, 2.75) is 44.3 Å². The van der Waals surface area contributed by atoms with Gasteiger partial charge in [-0.25, -0.2) is 8.42 Å². The fourth-order valence-corrected chi connectivity index (χ4v) is 5.55. The third-order valence-electron chi connectivity index (χ3n) is 5.80. The Bertz CT molecular complexity index is 1370. The van der Waals surface area contributed by atoms with E-state index in [0.29, 0.717) is 10.6 Å². The first-order chi connectivity index (χ1) is 18.0. The zero-order valence-electron chi connectivity index (χ0n) is 21.8. The van der Waals surface area contributed by atoms with Crippen molar-refractivity contribution in [3.05, 3.63) is 89.4 Å². The molecule has 1 N–H and O–H groups in total. The molecule has 3 aromatic carbocycles. The summed E-state index contributed by atoms with van der Waals surface area (Å²) >= 11 is 6.16. The second-order valence-corrected chi connectivity index (χ2v) is 11.3. The van der Waals surface area contributed by atoms with Gasteiger partial charge in [-0.1, -0.05) is 54.1 Å². The lowest BCUT2D eigenvalue weighted by Gasteiger charge is -2.32. The van der Waals surface area contributed by atoms with Gasteiger partial charge in [0.25, 0.3) is 10.0 Å². The number of nitrogens with one attached hydrogen (secondary N) is 1.